The molecule has 0 aliphatic rings. The molecule has 9 aromatic heterocycles. The molecule has 0 atom stereocenters. The molecule has 23 aromatic rings. The Morgan fingerprint density at radius 3 is 1.13 bits per heavy atom. The fourth-order valence-corrected chi connectivity index (χ4v) is 18.2. The minimum atomic E-state index is 0.485. The Labute approximate surface area is 651 Å². The van der Waals surface area contributed by atoms with Crippen molar-refractivity contribution in [3.63, 3.8) is 0 Å². The zero-order valence-corrected chi connectivity index (χ0v) is 61.3. The number of rotatable bonds is 12. The highest BCUT2D eigenvalue weighted by Gasteiger charge is 2.27. The van der Waals surface area contributed by atoms with Crippen LogP contribution >= 0.6 is 22.7 Å². The smallest absolute Gasteiger partial charge is 0.165 e. The van der Waals surface area contributed by atoms with Crippen molar-refractivity contribution in [3.05, 3.63) is 328 Å². The summed E-state index contributed by atoms with van der Waals surface area (Å²) in [7, 11) is 0. The summed E-state index contributed by atoms with van der Waals surface area (Å²) in [5.74, 6) is 4.50. The SMILES string of the molecule is c1ccc(-c2ccc(-c3nc(-c4ccc5c(c4)oc4ccc(-c6ccc7c(c6)oc6ccc(-c8nc(-c9ccc%10c(c9)oc9cccc(-c%11nc(-c%12ccccc%12)nc(-c%12ccccc%12)n%11)c9%10)c9sc%10ccccc%10c9n8)cc67)c(-c6nc(-c7ccccc7)nc(-c7ccccc7)n6)c45)c4sc5ccccc5c4n3)cc2)cc1. The molecule has 0 saturated heterocycles. The average Bonchev–Trinajstić information content (AvgIpc) is 1.63. The Morgan fingerprint density at radius 2 is 0.575 bits per heavy atom. The van der Waals surface area contributed by atoms with Crippen LogP contribution in [0.3, 0.4) is 0 Å². The van der Waals surface area contributed by atoms with E-state index in [-0.39, 0.29) is 0 Å². The van der Waals surface area contributed by atoms with E-state index in [0.717, 1.165) is 168 Å². The van der Waals surface area contributed by atoms with Crippen molar-refractivity contribution in [2.75, 3.05) is 0 Å². The van der Waals surface area contributed by atoms with E-state index in [1.165, 1.54) is 0 Å². The first-order valence-corrected chi connectivity index (χ1v) is 38.8. The first kappa shape index (κ1) is 64.1. The first-order valence-electron chi connectivity index (χ1n) is 37.1. The lowest BCUT2D eigenvalue weighted by Gasteiger charge is -2.13. The standard InChI is InChI=1S/C98H54N10O3S2/c1-6-21-55(22-7-1)56-37-39-61(40-38-56)91-99-85(89-87(101-91)70-31-16-18-35-80(70)112-89)64-43-47-69-79(54-64)111-76-50-48-66(84(83(69)76)98-107-94(59-27-12-4-13-28-59)104-95(108-98)60-29-14-5-15-30-60)62-41-45-67-73-51-65(44-49-74(73)109-77(67)52-62)96-100-86(90-88(102-96)71-32-17-19-36-81(71)113-90)63-42-46-68-78(53-63)110-75-34-20-33-72(82(68)75)97-105-92(57-23-8-2-9-24-57)103-93(106-97)58-25-10-3-11-26-58/h1-54H. The van der Waals surface area contributed by atoms with Crippen LogP contribution in [-0.4, -0.2) is 49.8 Å². The quantitative estimate of drug-likeness (QED) is 0.113. The van der Waals surface area contributed by atoms with Gasteiger partial charge in [0, 0.05) is 108 Å². The topological polar surface area (TPSA) is 168 Å². The molecule has 0 amide bonds. The molecule has 0 spiro atoms. The van der Waals surface area contributed by atoms with Gasteiger partial charge < -0.3 is 13.3 Å². The van der Waals surface area contributed by atoms with Gasteiger partial charge in [0.25, 0.3) is 0 Å². The second-order valence-corrected chi connectivity index (χ2v) is 30.2. The lowest BCUT2D eigenvalue weighted by molar-refractivity contribution is 0.668. The van der Waals surface area contributed by atoms with Gasteiger partial charge in [0.05, 0.1) is 31.8 Å². The molecule has 0 aliphatic heterocycles. The predicted molar refractivity (Wildman–Crippen MR) is 457 cm³/mol. The third-order valence-electron chi connectivity index (χ3n) is 21.3. The summed E-state index contributed by atoms with van der Waals surface area (Å²) in [6.45, 7) is 0. The van der Waals surface area contributed by atoms with Gasteiger partial charge in [-0.2, -0.15) is 0 Å². The van der Waals surface area contributed by atoms with Crippen LogP contribution in [0.1, 0.15) is 0 Å². The van der Waals surface area contributed by atoms with Crippen LogP contribution in [0.25, 0.3) is 242 Å². The van der Waals surface area contributed by atoms with Crippen LogP contribution in [-0.2, 0) is 0 Å². The predicted octanol–water partition coefficient (Wildman–Crippen LogP) is 26.1. The second kappa shape index (κ2) is 25.9. The summed E-state index contributed by atoms with van der Waals surface area (Å²) in [5.41, 5.74) is 20.3. The molecule has 23 rings (SSSR count). The number of nitrogens with zero attached hydrogens (tertiary/aromatic N) is 10. The van der Waals surface area contributed by atoms with Crippen molar-refractivity contribution in [1.82, 2.24) is 49.8 Å². The molecule has 15 heteroatoms. The summed E-state index contributed by atoms with van der Waals surface area (Å²) >= 11 is 3.39. The molecule has 13 nitrogen and oxygen atoms in total. The molecule has 526 valence electrons. The molecule has 0 bridgehead atoms. The lowest BCUT2D eigenvalue weighted by Crippen LogP contribution is -2.01. The number of aromatic nitrogens is 10. The number of benzene rings is 14. The third-order valence-corrected chi connectivity index (χ3v) is 23.6. The zero-order chi connectivity index (χ0) is 74.2. The molecule has 0 aliphatic carbocycles. The van der Waals surface area contributed by atoms with E-state index in [1.54, 1.807) is 22.7 Å². The second-order valence-electron chi connectivity index (χ2n) is 28.1. The Balaban J connectivity index is 0.656. The molecule has 0 N–H and O–H groups in total. The van der Waals surface area contributed by atoms with Crippen molar-refractivity contribution in [2.45, 2.75) is 0 Å². The van der Waals surface area contributed by atoms with E-state index >= 15 is 0 Å². The van der Waals surface area contributed by atoms with Gasteiger partial charge in [0.2, 0.25) is 0 Å². The normalized spacial score (nSPS) is 11.9. The maximum Gasteiger partial charge on any atom is 0.165 e. The van der Waals surface area contributed by atoms with Crippen LogP contribution in [0.15, 0.2) is 341 Å². The van der Waals surface area contributed by atoms with E-state index in [9.17, 15) is 0 Å². The monoisotopic (exact) mass is 1480 g/mol. The molecule has 0 radical (unpaired) electrons. The maximum atomic E-state index is 7.09. The molecule has 113 heavy (non-hydrogen) atoms. The Hall–Kier alpha value is -14.9. The van der Waals surface area contributed by atoms with Crippen molar-refractivity contribution in [1.29, 1.82) is 0 Å². The number of furan rings is 3. The van der Waals surface area contributed by atoms with E-state index in [1.807, 2.05) is 146 Å². The van der Waals surface area contributed by atoms with Gasteiger partial charge >= 0.3 is 0 Å². The molecular weight excluding hydrogens is 1430 g/mol. The van der Waals surface area contributed by atoms with Crippen molar-refractivity contribution >= 4 is 129 Å². The fourth-order valence-electron chi connectivity index (χ4n) is 15.9. The molecule has 0 saturated carbocycles. The van der Waals surface area contributed by atoms with Crippen molar-refractivity contribution in [3.8, 4) is 136 Å². The number of thiophene rings is 2. The van der Waals surface area contributed by atoms with Gasteiger partial charge in [-0.3, -0.25) is 0 Å². The van der Waals surface area contributed by atoms with Crippen LogP contribution in [0.5, 0.6) is 0 Å². The summed E-state index contributed by atoms with van der Waals surface area (Å²) in [4.78, 5) is 53.0. The zero-order valence-electron chi connectivity index (χ0n) is 59.7. The van der Waals surface area contributed by atoms with Gasteiger partial charge in [0.1, 0.15) is 33.5 Å². The minimum absolute atomic E-state index is 0.485. The van der Waals surface area contributed by atoms with Gasteiger partial charge in [0.15, 0.2) is 46.6 Å². The Morgan fingerprint density at radius 1 is 0.195 bits per heavy atom. The largest absolute Gasteiger partial charge is 0.456 e. The lowest BCUT2D eigenvalue weighted by atomic mass is 9.93. The van der Waals surface area contributed by atoms with E-state index in [4.69, 9.17) is 63.1 Å². The van der Waals surface area contributed by atoms with Gasteiger partial charge in [-0.1, -0.05) is 243 Å². The van der Waals surface area contributed by atoms with E-state index in [2.05, 4.69) is 182 Å². The number of fused-ring (bicyclic) bond motifs is 15. The van der Waals surface area contributed by atoms with Gasteiger partial charge in [-0.25, -0.2) is 49.8 Å². The van der Waals surface area contributed by atoms with Gasteiger partial charge in [-0.15, -0.1) is 22.7 Å². The summed E-state index contributed by atoms with van der Waals surface area (Å²) in [5, 5.41) is 7.56. The summed E-state index contributed by atoms with van der Waals surface area (Å²) in [6.07, 6.45) is 0. The van der Waals surface area contributed by atoms with Crippen LogP contribution < -0.4 is 0 Å². The average molecular weight is 1480 g/mol. The molecule has 0 fully saturated rings. The third kappa shape index (κ3) is 10.9. The first-order chi connectivity index (χ1) is 55.9. The van der Waals surface area contributed by atoms with Crippen LogP contribution in [0.2, 0.25) is 0 Å². The minimum Gasteiger partial charge on any atom is -0.456 e. The molecular formula is C98H54N10O3S2. The summed E-state index contributed by atoms with van der Waals surface area (Å²) < 4.78 is 25.1. The van der Waals surface area contributed by atoms with E-state index in [0.29, 0.717) is 74.5 Å². The van der Waals surface area contributed by atoms with Crippen molar-refractivity contribution < 1.29 is 13.3 Å². The summed E-state index contributed by atoms with van der Waals surface area (Å²) in [6, 6.07) is 112. The Kier molecular flexibility index (Phi) is 14.7. The molecule has 0 unspecified atom stereocenters. The highest BCUT2D eigenvalue weighted by atomic mass is 32.1. The molecule has 14 aromatic carbocycles. The van der Waals surface area contributed by atoms with Gasteiger partial charge in [-0.05, 0) is 107 Å². The molecule has 9 heterocycles. The number of hydrogen-bond acceptors (Lipinski definition) is 15. The maximum absolute atomic E-state index is 7.09. The van der Waals surface area contributed by atoms with E-state index < -0.39 is 0 Å². The van der Waals surface area contributed by atoms with Crippen LogP contribution in [0.4, 0.5) is 0 Å². The Bertz CT molecular complexity index is 7690. The van der Waals surface area contributed by atoms with Crippen molar-refractivity contribution in [2.24, 2.45) is 0 Å². The highest BCUT2D eigenvalue weighted by Crippen LogP contribution is 2.49. The highest BCUT2D eigenvalue weighted by molar-refractivity contribution is 7.26. The fraction of sp³-hybridized carbons (Fsp3) is 0. The van der Waals surface area contributed by atoms with Crippen LogP contribution in [0, 0.1) is 0 Å². The number of hydrogen-bond donors (Lipinski definition) is 0.